The molecule has 1 aliphatic heterocycles. The highest BCUT2D eigenvalue weighted by molar-refractivity contribution is 6.09. The molecule has 2 aromatic heterocycles. The molecule has 7 nitrogen and oxygen atoms in total. The maximum Gasteiger partial charge on any atom is 0.303 e. The number of nitrogens with one attached hydrogen (secondary N) is 1. The van der Waals surface area contributed by atoms with Crippen LogP contribution in [0.3, 0.4) is 0 Å². The molecule has 8 heteroatoms. The molecule has 1 fully saturated rings. The number of aliphatic carboxylic acids is 1. The Hall–Kier alpha value is -4.56. The standard InChI is InChI=1S/C37H38FN3O4/c1-23-29(15-16-32(42)43)24(2)40-36-33(23)30-9-6-10-31(38)35(30)41(36)22-26-11-13-27(14-12-26)34(28-17-19-45-20-18-28)37(44)39-21-25-7-4-3-5-8-25/h3-14,28,34H,15-22H2,1-2H3,(H,39,44)(H,42,43). The number of aryl methyl sites for hydroxylation is 2. The number of carboxylic acid groups (broad SMARTS) is 1. The Morgan fingerprint density at radius 2 is 1.73 bits per heavy atom. The SMILES string of the molecule is Cc1nc2c(c(C)c1CCC(=O)O)c1cccc(F)c1n2Cc1ccc(C(C(=O)NCc2ccccc2)C2CCOCC2)cc1. The number of nitrogens with zero attached hydrogens (tertiary/aromatic N) is 2. The van der Waals surface area contributed by atoms with Crippen molar-refractivity contribution in [2.24, 2.45) is 5.92 Å². The van der Waals surface area contributed by atoms with Crippen LogP contribution in [0.1, 0.15) is 58.7 Å². The first-order valence-electron chi connectivity index (χ1n) is 15.6. The lowest BCUT2D eigenvalue weighted by atomic mass is 9.80. The maximum absolute atomic E-state index is 15.5. The van der Waals surface area contributed by atoms with Gasteiger partial charge in [-0.15, -0.1) is 0 Å². The Bertz CT molecular complexity index is 1840. The topological polar surface area (TPSA) is 93.5 Å². The van der Waals surface area contributed by atoms with Crippen LogP contribution < -0.4 is 5.32 Å². The third kappa shape index (κ3) is 6.33. The van der Waals surface area contributed by atoms with E-state index in [0.717, 1.165) is 57.1 Å². The minimum absolute atomic E-state index is 0.00731. The van der Waals surface area contributed by atoms with Crippen LogP contribution in [0.4, 0.5) is 4.39 Å². The minimum Gasteiger partial charge on any atom is -0.481 e. The Balaban J connectivity index is 1.33. The molecular formula is C37H38FN3O4. The number of hydrogen-bond acceptors (Lipinski definition) is 4. The average molecular weight is 608 g/mol. The molecule has 1 saturated heterocycles. The monoisotopic (exact) mass is 607 g/mol. The zero-order chi connectivity index (χ0) is 31.5. The molecule has 45 heavy (non-hydrogen) atoms. The summed E-state index contributed by atoms with van der Waals surface area (Å²) in [6.07, 6.45) is 2.02. The summed E-state index contributed by atoms with van der Waals surface area (Å²) in [7, 11) is 0. The summed E-state index contributed by atoms with van der Waals surface area (Å²) in [6.45, 7) is 6.01. The second-order valence-corrected chi connectivity index (χ2v) is 12.0. The summed E-state index contributed by atoms with van der Waals surface area (Å²) < 4.78 is 23.0. The van der Waals surface area contributed by atoms with E-state index in [4.69, 9.17) is 9.72 Å². The van der Waals surface area contributed by atoms with E-state index in [-0.39, 0.29) is 30.0 Å². The molecule has 3 heterocycles. The lowest BCUT2D eigenvalue weighted by Crippen LogP contribution is -2.35. The molecule has 0 saturated carbocycles. The fourth-order valence-corrected chi connectivity index (χ4v) is 6.84. The van der Waals surface area contributed by atoms with Crippen molar-refractivity contribution in [2.75, 3.05) is 13.2 Å². The summed E-state index contributed by atoms with van der Waals surface area (Å²) in [4.78, 5) is 29.8. The van der Waals surface area contributed by atoms with Gasteiger partial charge in [0.15, 0.2) is 0 Å². The number of carbonyl (C=O) groups is 2. The minimum atomic E-state index is -0.862. The van der Waals surface area contributed by atoms with Crippen molar-refractivity contribution in [1.82, 2.24) is 14.9 Å². The summed E-state index contributed by atoms with van der Waals surface area (Å²) in [5.74, 6) is -1.30. The molecular weight excluding hydrogens is 569 g/mol. The second kappa shape index (κ2) is 13.2. The number of ether oxygens (including phenoxy) is 1. The van der Waals surface area contributed by atoms with E-state index in [0.29, 0.717) is 43.9 Å². The van der Waals surface area contributed by atoms with Gasteiger partial charge in [-0.2, -0.15) is 0 Å². The molecule has 0 aliphatic carbocycles. The number of pyridine rings is 1. The van der Waals surface area contributed by atoms with Crippen molar-refractivity contribution in [3.8, 4) is 0 Å². The van der Waals surface area contributed by atoms with Crippen molar-refractivity contribution in [1.29, 1.82) is 0 Å². The lowest BCUT2D eigenvalue weighted by Gasteiger charge is -2.30. The predicted molar refractivity (Wildman–Crippen MR) is 173 cm³/mol. The molecule has 6 rings (SSSR count). The number of benzene rings is 3. The van der Waals surface area contributed by atoms with Gasteiger partial charge in [-0.3, -0.25) is 9.59 Å². The van der Waals surface area contributed by atoms with E-state index in [9.17, 15) is 14.7 Å². The van der Waals surface area contributed by atoms with Crippen LogP contribution in [-0.2, 0) is 33.8 Å². The fraction of sp³-hybridized carbons (Fsp3) is 0.324. The molecule has 0 radical (unpaired) electrons. The largest absolute Gasteiger partial charge is 0.481 e. The van der Waals surface area contributed by atoms with Gasteiger partial charge in [0.25, 0.3) is 0 Å². The lowest BCUT2D eigenvalue weighted by molar-refractivity contribution is -0.137. The van der Waals surface area contributed by atoms with E-state index in [1.165, 1.54) is 6.07 Å². The molecule has 2 N–H and O–H groups in total. The van der Waals surface area contributed by atoms with Crippen molar-refractivity contribution >= 4 is 33.8 Å². The number of aromatic nitrogens is 2. The van der Waals surface area contributed by atoms with Gasteiger partial charge in [-0.25, -0.2) is 9.37 Å². The summed E-state index contributed by atoms with van der Waals surface area (Å²) in [6, 6.07) is 23.1. The number of halogens is 1. The first kappa shape index (κ1) is 30.5. The van der Waals surface area contributed by atoms with Gasteiger partial charge in [0, 0.05) is 49.2 Å². The summed E-state index contributed by atoms with van der Waals surface area (Å²) in [5.41, 5.74) is 6.70. The van der Waals surface area contributed by atoms with Gasteiger partial charge >= 0.3 is 5.97 Å². The number of hydrogen-bond donors (Lipinski definition) is 2. The van der Waals surface area contributed by atoms with Crippen LogP contribution in [0, 0.1) is 25.6 Å². The Kier molecular flexibility index (Phi) is 8.94. The number of para-hydroxylation sites is 1. The van der Waals surface area contributed by atoms with Crippen LogP contribution >= 0.6 is 0 Å². The quantitative estimate of drug-likeness (QED) is 0.181. The fourth-order valence-electron chi connectivity index (χ4n) is 6.84. The van der Waals surface area contributed by atoms with Crippen molar-refractivity contribution in [2.45, 2.75) is 58.5 Å². The first-order chi connectivity index (χ1) is 21.8. The van der Waals surface area contributed by atoms with Gasteiger partial charge in [-0.05, 0) is 72.9 Å². The first-order valence-corrected chi connectivity index (χ1v) is 15.6. The van der Waals surface area contributed by atoms with E-state index in [1.54, 1.807) is 6.07 Å². The number of carbonyl (C=O) groups excluding carboxylic acids is 1. The van der Waals surface area contributed by atoms with E-state index in [1.807, 2.05) is 79.1 Å². The zero-order valence-corrected chi connectivity index (χ0v) is 25.7. The summed E-state index contributed by atoms with van der Waals surface area (Å²) >= 11 is 0. The van der Waals surface area contributed by atoms with Gasteiger partial charge in [0.1, 0.15) is 11.5 Å². The second-order valence-electron chi connectivity index (χ2n) is 12.0. The average Bonchev–Trinajstić information content (AvgIpc) is 3.35. The zero-order valence-electron chi connectivity index (χ0n) is 25.7. The number of carboxylic acids is 1. The van der Waals surface area contributed by atoms with Crippen LogP contribution in [0.15, 0.2) is 72.8 Å². The number of fused-ring (bicyclic) bond motifs is 3. The third-order valence-corrected chi connectivity index (χ3v) is 9.14. The number of rotatable bonds is 10. The highest BCUT2D eigenvalue weighted by Crippen LogP contribution is 2.36. The Morgan fingerprint density at radius 3 is 2.44 bits per heavy atom. The molecule has 1 atom stereocenters. The molecule has 0 spiro atoms. The van der Waals surface area contributed by atoms with Gasteiger partial charge in [-0.1, -0.05) is 66.7 Å². The van der Waals surface area contributed by atoms with Gasteiger partial charge in [0.2, 0.25) is 5.91 Å². The highest BCUT2D eigenvalue weighted by Gasteiger charge is 2.31. The van der Waals surface area contributed by atoms with Crippen LogP contribution in [0.2, 0.25) is 0 Å². The highest BCUT2D eigenvalue weighted by atomic mass is 19.1. The van der Waals surface area contributed by atoms with Crippen LogP contribution in [-0.4, -0.2) is 39.7 Å². The smallest absolute Gasteiger partial charge is 0.303 e. The number of amides is 1. The third-order valence-electron chi connectivity index (χ3n) is 9.14. The Labute approximate surface area is 262 Å². The predicted octanol–water partition coefficient (Wildman–Crippen LogP) is 6.84. The van der Waals surface area contributed by atoms with Crippen molar-refractivity contribution in [3.63, 3.8) is 0 Å². The van der Waals surface area contributed by atoms with Gasteiger partial charge in [0.05, 0.1) is 11.4 Å². The Morgan fingerprint density at radius 1 is 1.00 bits per heavy atom. The van der Waals surface area contributed by atoms with E-state index >= 15 is 4.39 Å². The van der Waals surface area contributed by atoms with Crippen LogP contribution in [0.25, 0.3) is 21.9 Å². The van der Waals surface area contributed by atoms with Crippen molar-refractivity contribution in [3.05, 3.63) is 112 Å². The normalized spacial score (nSPS) is 14.6. The molecule has 232 valence electrons. The molecule has 1 unspecified atom stereocenters. The van der Waals surface area contributed by atoms with Gasteiger partial charge < -0.3 is 19.7 Å². The van der Waals surface area contributed by atoms with Crippen molar-refractivity contribution < 1.29 is 23.8 Å². The molecule has 5 aromatic rings. The molecule has 1 aliphatic rings. The van der Waals surface area contributed by atoms with E-state index in [2.05, 4.69) is 5.32 Å². The van der Waals surface area contributed by atoms with Crippen LogP contribution in [0.5, 0.6) is 0 Å². The maximum atomic E-state index is 15.5. The molecule has 0 bridgehead atoms. The summed E-state index contributed by atoms with van der Waals surface area (Å²) in [5, 5.41) is 14.0. The molecule has 1 amide bonds. The van der Waals surface area contributed by atoms with E-state index < -0.39 is 5.97 Å². The molecule has 3 aromatic carbocycles.